The fourth-order valence-electron chi connectivity index (χ4n) is 1.83. The molecule has 3 N–H and O–H groups in total. The van der Waals surface area contributed by atoms with Gasteiger partial charge in [-0.15, -0.1) is 0 Å². The Labute approximate surface area is 197 Å². The number of esters is 2. The van der Waals surface area contributed by atoms with Crippen LogP contribution in [0.5, 0.6) is 11.5 Å². The Morgan fingerprint density at radius 1 is 0.812 bits per heavy atom. The van der Waals surface area contributed by atoms with Crippen LogP contribution in [0, 0.1) is 0 Å². The van der Waals surface area contributed by atoms with E-state index in [-0.39, 0.29) is 25.8 Å². The molecule has 2 rings (SSSR count). The molecule has 0 spiro atoms. The Bertz CT molecular complexity index is 731. The van der Waals surface area contributed by atoms with E-state index in [1.807, 2.05) is 0 Å². The van der Waals surface area contributed by atoms with E-state index in [1.54, 1.807) is 24.3 Å². The van der Waals surface area contributed by atoms with Crippen LogP contribution in [0.4, 0.5) is 0 Å². The van der Waals surface area contributed by atoms with Crippen molar-refractivity contribution in [3.05, 3.63) is 59.7 Å². The van der Waals surface area contributed by atoms with Crippen molar-refractivity contribution in [3.8, 4) is 11.5 Å². The summed E-state index contributed by atoms with van der Waals surface area (Å²) >= 11 is 3.15. The minimum Gasteiger partial charge on any atom is -0.508 e. The van der Waals surface area contributed by atoms with Gasteiger partial charge in [0.2, 0.25) is 0 Å². The third kappa shape index (κ3) is 14.4. The third-order valence-electron chi connectivity index (χ3n) is 3.43. The summed E-state index contributed by atoms with van der Waals surface area (Å²) in [4.78, 5) is 21.9. The van der Waals surface area contributed by atoms with Crippen LogP contribution < -0.4 is 4.74 Å². The van der Waals surface area contributed by atoms with Crippen LogP contribution in [0.3, 0.4) is 0 Å². The summed E-state index contributed by atoms with van der Waals surface area (Å²) in [6.07, 6.45) is 1.46. The molecule has 0 saturated carbocycles. The van der Waals surface area contributed by atoms with Gasteiger partial charge in [0, 0.05) is 25.0 Å². The van der Waals surface area contributed by atoms with Crippen molar-refractivity contribution in [2.24, 2.45) is 0 Å². The predicted octanol–water partition coefficient (Wildman–Crippen LogP) is 3.81. The van der Waals surface area contributed by atoms with Gasteiger partial charge >= 0.3 is 11.9 Å². The number of methoxy groups -OCH3 is 2. The fourth-order valence-corrected chi connectivity index (χ4v) is 2.09. The Hall–Kier alpha value is -2.62. The number of phenolic OH excluding ortho intramolecular Hbond substituents is 1. The lowest BCUT2D eigenvalue weighted by molar-refractivity contribution is 0.0591. The van der Waals surface area contributed by atoms with Gasteiger partial charge in [-0.05, 0) is 55.0 Å². The zero-order valence-electron chi connectivity index (χ0n) is 17.6. The normalized spacial score (nSPS) is 9.03. The van der Waals surface area contributed by atoms with Crippen LogP contribution in [0.1, 0.15) is 41.0 Å². The number of benzene rings is 2. The van der Waals surface area contributed by atoms with Crippen molar-refractivity contribution in [3.63, 3.8) is 0 Å². The highest BCUT2D eigenvalue weighted by atomic mass is 79.9. The zero-order valence-corrected chi connectivity index (χ0v) is 19.2. The summed E-state index contributed by atoms with van der Waals surface area (Å²) in [5, 5.41) is 26.4. The molecule has 2 aromatic rings. The predicted molar refractivity (Wildman–Crippen MR) is 127 cm³/mol. The van der Waals surface area contributed by atoms with E-state index in [4.69, 9.17) is 20.1 Å². The molecule has 0 amide bonds. The van der Waals surface area contributed by atoms with Crippen LogP contribution in [-0.4, -0.2) is 66.6 Å². The lowest BCUT2D eigenvalue weighted by Gasteiger charge is -2.05. The molecular formula is C23H33BrO8. The van der Waals surface area contributed by atoms with Gasteiger partial charge in [-0.25, -0.2) is 9.59 Å². The number of ether oxygens (including phenoxy) is 3. The Morgan fingerprint density at radius 2 is 1.25 bits per heavy atom. The smallest absolute Gasteiger partial charge is 0.337 e. The van der Waals surface area contributed by atoms with Gasteiger partial charge < -0.3 is 29.5 Å². The van der Waals surface area contributed by atoms with Crippen molar-refractivity contribution in [2.45, 2.75) is 20.3 Å². The molecule has 0 aromatic heterocycles. The molecule has 8 nitrogen and oxygen atoms in total. The van der Waals surface area contributed by atoms with E-state index in [0.717, 1.165) is 11.8 Å². The van der Waals surface area contributed by atoms with Gasteiger partial charge in [0.05, 0.1) is 32.0 Å². The summed E-state index contributed by atoms with van der Waals surface area (Å²) in [7, 11) is 2.66. The van der Waals surface area contributed by atoms with E-state index in [0.29, 0.717) is 36.5 Å². The monoisotopic (exact) mass is 516 g/mol. The number of hydrogen-bond acceptors (Lipinski definition) is 8. The largest absolute Gasteiger partial charge is 0.508 e. The first-order valence-corrected chi connectivity index (χ1v) is 10.5. The number of aromatic hydroxyl groups is 1. The second-order valence-corrected chi connectivity index (χ2v) is 6.54. The van der Waals surface area contributed by atoms with E-state index in [9.17, 15) is 9.59 Å². The first-order valence-electron chi connectivity index (χ1n) is 9.39. The zero-order chi connectivity index (χ0) is 23.5. The Kier molecular flexibility index (Phi) is 20.0. The average molecular weight is 517 g/mol. The van der Waals surface area contributed by atoms with Crippen molar-refractivity contribution in [1.82, 2.24) is 0 Å². The first-order chi connectivity index (χ1) is 14.9. The summed E-state index contributed by atoms with van der Waals surface area (Å²) in [6.45, 7) is 0.875. The van der Waals surface area contributed by atoms with E-state index >= 15 is 0 Å². The average Bonchev–Trinajstić information content (AvgIpc) is 2.80. The maximum atomic E-state index is 11.1. The van der Waals surface area contributed by atoms with Crippen LogP contribution in [0.2, 0.25) is 0 Å². The molecule has 32 heavy (non-hydrogen) atoms. The molecule has 0 radical (unpaired) electrons. The van der Waals surface area contributed by atoms with Gasteiger partial charge in [0.25, 0.3) is 0 Å². The standard InChI is InChI=1S/C11H14O4.C8H8O3.C3H7BrO.CH4/c1-14-11(13)9-3-5-10(6-4-9)15-8-2-7-12;1-11-8(10)6-2-4-7(9)5-3-6;4-2-1-3-5;/h3-6,12H,2,7-8H2,1H3;2-5,9H,1H3;5H,1-3H2;1H4. The third-order valence-corrected chi connectivity index (χ3v) is 3.99. The molecule has 0 aliphatic rings. The number of phenols is 1. The minimum absolute atomic E-state index is 0. The SMILES string of the molecule is C.COC(=O)c1ccc(O)cc1.COC(=O)c1ccc(OCCCO)cc1.OCCCBr. The lowest BCUT2D eigenvalue weighted by atomic mass is 10.2. The van der Waals surface area contributed by atoms with Gasteiger partial charge in [0.1, 0.15) is 11.5 Å². The van der Waals surface area contributed by atoms with Crippen molar-refractivity contribution in [2.75, 3.05) is 39.4 Å². The molecular weight excluding hydrogens is 484 g/mol. The molecule has 180 valence electrons. The second kappa shape index (κ2) is 20.3. The highest BCUT2D eigenvalue weighted by Gasteiger charge is 2.04. The van der Waals surface area contributed by atoms with Crippen LogP contribution >= 0.6 is 15.9 Å². The number of halogens is 1. The summed E-state index contributed by atoms with van der Waals surface area (Å²) in [6, 6.07) is 12.5. The Balaban J connectivity index is 0. The molecule has 0 bridgehead atoms. The Morgan fingerprint density at radius 3 is 1.59 bits per heavy atom. The maximum Gasteiger partial charge on any atom is 0.337 e. The van der Waals surface area contributed by atoms with Crippen molar-refractivity contribution < 1.29 is 39.1 Å². The number of aliphatic hydroxyl groups excluding tert-OH is 2. The van der Waals surface area contributed by atoms with Gasteiger partial charge in [-0.2, -0.15) is 0 Å². The molecule has 0 saturated heterocycles. The summed E-state index contributed by atoms with van der Waals surface area (Å²) < 4.78 is 14.3. The molecule has 0 atom stereocenters. The second-order valence-electron chi connectivity index (χ2n) is 5.75. The van der Waals surface area contributed by atoms with E-state index in [1.165, 1.54) is 38.5 Å². The lowest BCUT2D eigenvalue weighted by Crippen LogP contribution is -2.02. The number of carbonyl (C=O) groups excluding carboxylic acids is 2. The number of aliphatic hydroxyl groups is 2. The highest BCUT2D eigenvalue weighted by molar-refractivity contribution is 9.09. The maximum absolute atomic E-state index is 11.1. The molecule has 0 aliphatic heterocycles. The summed E-state index contributed by atoms with van der Waals surface area (Å²) in [5.41, 5.74) is 0.928. The molecule has 9 heteroatoms. The molecule has 0 unspecified atom stereocenters. The summed E-state index contributed by atoms with van der Waals surface area (Å²) in [5.74, 6) is 0.0515. The molecule has 0 aliphatic carbocycles. The minimum atomic E-state index is -0.398. The quantitative estimate of drug-likeness (QED) is 0.275. The van der Waals surface area contributed by atoms with Crippen molar-refractivity contribution >= 4 is 27.9 Å². The van der Waals surface area contributed by atoms with Gasteiger partial charge in [-0.1, -0.05) is 23.4 Å². The van der Waals surface area contributed by atoms with E-state index < -0.39 is 5.97 Å². The number of hydrogen-bond donors (Lipinski definition) is 3. The number of alkyl halides is 1. The fraction of sp³-hybridized carbons (Fsp3) is 0.391. The molecule has 0 heterocycles. The number of carbonyl (C=O) groups is 2. The topological polar surface area (TPSA) is 123 Å². The van der Waals surface area contributed by atoms with Crippen molar-refractivity contribution in [1.29, 1.82) is 0 Å². The van der Waals surface area contributed by atoms with E-state index in [2.05, 4.69) is 25.4 Å². The highest BCUT2D eigenvalue weighted by Crippen LogP contribution is 2.13. The van der Waals surface area contributed by atoms with Gasteiger partial charge in [0.15, 0.2) is 0 Å². The van der Waals surface area contributed by atoms with Crippen LogP contribution in [-0.2, 0) is 9.47 Å². The van der Waals surface area contributed by atoms with Gasteiger partial charge in [-0.3, -0.25) is 0 Å². The molecule has 0 fully saturated rings. The van der Waals surface area contributed by atoms with Crippen LogP contribution in [0.15, 0.2) is 48.5 Å². The molecule has 2 aromatic carbocycles. The first kappa shape index (κ1) is 31.6. The number of rotatable bonds is 8. The van der Waals surface area contributed by atoms with Crippen LogP contribution in [0.25, 0.3) is 0 Å².